The number of hydrogen-bond donors (Lipinski definition) is 5. The third kappa shape index (κ3) is 7.86. The number of carbonyl (C=O) groups is 5. The summed E-state index contributed by atoms with van der Waals surface area (Å²) in [5.74, 6) is -7.57. The van der Waals surface area contributed by atoms with Crippen molar-refractivity contribution in [2.45, 2.75) is 19.1 Å². The molecule has 27 heavy (non-hydrogen) atoms. The highest BCUT2D eigenvalue weighted by molar-refractivity contribution is 5.95. The largest absolute Gasteiger partial charge is 0.481 e. The Kier molecular flexibility index (Phi) is 8.23. The van der Waals surface area contributed by atoms with E-state index in [4.69, 9.17) is 14.9 Å². The van der Waals surface area contributed by atoms with Crippen LogP contribution in [0.15, 0.2) is 30.3 Å². The highest BCUT2D eigenvalue weighted by atomic mass is 16.5. The molecule has 0 aromatic heterocycles. The molecule has 146 valence electrons. The standard InChI is InChI=1S/C16H18N2O9/c19-12(20)7-17-16(26)18-11(14(23)24)6-10(13(21)22)15(25)27-8-9-4-2-1-3-5-9/h1-5,10-11H,6-8H2,(H,19,20)(H,21,22)(H,23,24)(H2,17,18,26)/t10?,11-/m0/s1. The van der Waals surface area contributed by atoms with Crippen molar-refractivity contribution in [2.24, 2.45) is 5.92 Å². The lowest BCUT2D eigenvalue weighted by Gasteiger charge is -2.18. The van der Waals surface area contributed by atoms with Crippen LogP contribution >= 0.6 is 0 Å². The van der Waals surface area contributed by atoms with Gasteiger partial charge in [0.1, 0.15) is 19.2 Å². The van der Waals surface area contributed by atoms with Gasteiger partial charge in [0.05, 0.1) is 0 Å². The van der Waals surface area contributed by atoms with Crippen LogP contribution in [0.25, 0.3) is 0 Å². The van der Waals surface area contributed by atoms with E-state index >= 15 is 0 Å². The Morgan fingerprint density at radius 1 is 0.963 bits per heavy atom. The van der Waals surface area contributed by atoms with Crippen LogP contribution < -0.4 is 10.6 Å². The zero-order valence-electron chi connectivity index (χ0n) is 14.0. The van der Waals surface area contributed by atoms with Gasteiger partial charge >= 0.3 is 29.9 Å². The van der Waals surface area contributed by atoms with E-state index in [0.29, 0.717) is 5.56 Å². The number of carboxylic acids is 3. The second kappa shape index (κ2) is 10.4. The number of nitrogens with one attached hydrogen (secondary N) is 2. The van der Waals surface area contributed by atoms with E-state index in [-0.39, 0.29) is 6.61 Å². The number of carbonyl (C=O) groups excluding carboxylic acids is 2. The summed E-state index contributed by atoms with van der Waals surface area (Å²) in [5, 5.41) is 30.5. The molecule has 11 nitrogen and oxygen atoms in total. The van der Waals surface area contributed by atoms with Crippen molar-refractivity contribution in [2.75, 3.05) is 6.54 Å². The Balaban J connectivity index is 2.71. The molecule has 0 heterocycles. The number of benzene rings is 1. The molecule has 0 fully saturated rings. The van der Waals surface area contributed by atoms with E-state index in [9.17, 15) is 29.1 Å². The minimum absolute atomic E-state index is 0.201. The molecule has 0 bridgehead atoms. The molecule has 1 aromatic rings. The minimum atomic E-state index is -1.84. The SMILES string of the molecule is O=C(O)CNC(=O)N[C@@H](CC(C(=O)O)C(=O)OCc1ccccc1)C(=O)O. The molecule has 2 amide bonds. The summed E-state index contributed by atoms with van der Waals surface area (Å²) in [5.41, 5.74) is 0.607. The number of amides is 2. The van der Waals surface area contributed by atoms with Crippen LogP contribution in [0.1, 0.15) is 12.0 Å². The van der Waals surface area contributed by atoms with Crippen molar-refractivity contribution >= 4 is 29.9 Å². The molecule has 0 saturated heterocycles. The van der Waals surface area contributed by atoms with Crippen LogP contribution in [0.4, 0.5) is 4.79 Å². The first kappa shape index (κ1) is 21.4. The van der Waals surface area contributed by atoms with Gasteiger partial charge in [-0.25, -0.2) is 9.59 Å². The molecule has 0 saturated carbocycles. The molecule has 0 aliphatic rings. The summed E-state index contributed by atoms with van der Waals surface area (Å²) in [7, 11) is 0. The van der Waals surface area contributed by atoms with Crippen LogP contribution in [0.3, 0.4) is 0 Å². The number of urea groups is 1. The quantitative estimate of drug-likeness (QED) is 0.267. The molecule has 2 atom stereocenters. The lowest BCUT2D eigenvalue weighted by atomic mass is 10.00. The normalized spacial score (nSPS) is 12.3. The number of ether oxygens (including phenoxy) is 1. The predicted octanol–water partition coefficient (Wildman–Crippen LogP) is -0.342. The fourth-order valence-electron chi connectivity index (χ4n) is 1.95. The highest BCUT2D eigenvalue weighted by Gasteiger charge is 2.34. The molecule has 0 radical (unpaired) electrons. The molecule has 1 aromatic carbocycles. The van der Waals surface area contributed by atoms with Crippen molar-refractivity contribution in [3.05, 3.63) is 35.9 Å². The number of aliphatic carboxylic acids is 3. The molecule has 0 aliphatic carbocycles. The molecule has 0 spiro atoms. The maximum absolute atomic E-state index is 12.0. The van der Waals surface area contributed by atoms with Gasteiger partial charge in [-0.05, 0) is 5.56 Å². The zero-order chi connectivity index (χ0) is 20.4. The van der Waals surface area contributed by atoms with E-state index < -0.39 is 54.8 Å². The Hall–Kier alpha value is -3.63. The first-order valence-electron chi connectivity index (χ1n) is 7.63. The van der Waals surface area contributed by atoms with Crippen molar-refractivity contribution in [3.63, 3.8) is 0 Å². The summed E-state index contributed by atoms with van der Waals surface area (Å²) < 4.78 is 4.90. The Labute approximate surface area is 152 Å². The van der Waals surface area contributed by atoms with Crippen LogP contribution in [0, 0.1) is 5.92 Å². The second-order valence-electron chi connectivity index (χ2n) is 5.33. The van der Waals surface area contributed by atoms with Crippen LogP contribution in [-0.4, -0.2) is 57.8 Å². The Morgan fingerprint density at radius 3 is 2.11 bits per heavy atom. The van der Waals surface area contributed by atoms with E-state index in [2.05, 4.69) is 0 Å². The lowest BCUT2D eigenvalue weighted by molar-refractivity contribution is -0.160. The Bertz CT molecular complexity index is 705. The van der Waals surface area contributed by atoms with Gasteiger partial charge in [-0.15, -0.1) is 0 Å². The summed E-state index contributed by atoms with van der Waals surface area (Å²) in [6, 6.07) is 5.55. The zero-order valence-corrected chi connectivity index (χ0v) is 14.0. The van der Waals surface area contributed by atoms with Gasteiger partial charge in [-0.1, -0.05) is 30.3 Å². The van der Waals surface area contributed by atoms with Gasteiger partial charge in [0.15, 0.2) is 5.92 Å². The molecule has 11 heteroatoms. The third-order valence-electron chi connectivity index (χ3n) is 3.28. The molecule has 5 N–H and O–H groups in total. The van der Waals surface area contributed by atoms with Crippen LogP contribution in [0.2, 0.25) is 0 Å². The molecular formula is C16H18N2O9. The fraction of sp³-hybridized carbons (Fsp3) is 0.312. The van der Waals surface area contributed by atoms with Crippen molar-refractivity contribution in [1.82, 2.24) is 10.6 Å². The molecule has 1 unspecified atom stereocenters. The number of carboxylic acid groups (broad SMARTS) is 3. The monoisotopic (exact) mass is 382 g/mol. The van der Waals surface area contributed by atoms with Crippen LogP contribution in [-0.2, 0) is 30.5 Å². The number of esters is 1. The van der Waals surface area contributed by atoms with Crippen molar-refractivity contribution < 1.29 is 44.0 Å². The lowest BCUT2D eigenvalue weighted by Crippen LogP contribution is -2.49. The average molecular weight is 382 g/mol. The maximum Gasteiger partial charge on any atom is 0.326 e. The molecule has 1 rings (SSSR count). The highest BCUT2D eigenvalue weighted by Crippen LogP contribution is 2.12. The Morgan fingerprint density at radius 2 is 1.59 bits per heavy atom. The smallest absolute Gasteiger partial charge is 0.326 e. The first-order chi connectivity index (χ1) is 12.7. The first-order valence-corrected chi connectivity index (χ1v) is 7.63. The van der Waals surface area contributed by atoms with E-state index in [0.717, 1.165) is 0 Å². The predicted molar refractivity (Wildman–Crippen MR) is 87.6 cm³/mol. The van der Waals surface area contributed by atoms with Gasteiger partial charge in [0.25, 0.3) is 0 Å². The maximum atomic E-state index is 12.0. The number of hydrogen-bond acceptors (Lipinski definition) is 6. The fourth-order valence-corrected chi connectivity index (χ4v) is 1.95. The van der Waals surface area contributed by atoms with E-state index in [1.165, 1.54) is 0 Å². The molecular weight excluding hydrogens is 364 g/mol. The van der Waals surface area contributed by atoms with Crippen molar-refractivity contribution in [1.29, 1.82) is 0 Å². The summed E-state index contributed by atoms with van der Waals surface area (Å²) >= 11 is 0. The summed E-state index contributed by atoms with van der Waals surface area (Å²) in [6.07, 6.45) is -0.779. The van der Waals surface area contributed by atoms with Gasteiger partial charge in [0.2, 0.25) is 0 Å². The second-order valence-corrected chi connectivity index (χ2v) is 5.33. The van der Waals surface area contributed by atoms with Crippen LogP contribution in [0.5, 0.6) is 0 Å². The minimum Gasteiger partial charge on any atom is -0.481 e. The van der Waals surface area contributed by atoms with Gasteiger partial charge < -0.3 is 30.7 Å². The van der Waals surface area contributed by atoms with Gasteiger partial charge in [-0.3, -0.25) is 14.4 Å². The van der Waals surface area contributed by atoms with Gasteiger partial charge in [-0.2, -0.15) is 0 Å². The number of rotatable bonds is 10. The van der Waals surface area contributed by atoms with Gasteiger partial charge in [0, 0.05) is 6.42 Å². The average Bonchev–Trinajstić information content (AvgIpc) is 2.61. The topological polar surface area (TPSA) is 179 Å². The van der Waals surface area contributed by atoms with E-state index in [1.807, 2.05) is 10.6 Å². The summed E-state index contributed by atoms with van der Waals surface area (Å²) in [6.45, 7) is -0.965. The van der Waals surface area contributed by atoms with Crippen molar-refractivity contribution in [3.8, 4) is 0 Å². The third-order valence-corrected chi connectivity index (χ3v) is 3.28. The summed E-state index contributed by atoms with van der Waals surface area (Å²) in [4.78, 5) is 56.4. The van der Waals surface area contributed by atoms with E-state index in [1.54, 1.807) is 30.3 Å². The molecule has 0 aliphatic heterocycles.